The van der Waals surface area contributed by atoms with Gasteiger partial charge in [0.05, 0.1) is 17.1 Å². The van der Waals surface area contributed by atoms with Crippen molar-refractivity contribution in [2.24, 2.45) is 0 Å². The minimum Gasteiger partial charge on any atom is -0.399 e. The van der Waals surface area contributed by atoms with Crippen molar-refractivity contribution < 1.29 is 16.5 Å². The Morgan fingerprint density at radius 1 is 0.647 bits per heavy atom. The first kappa shape index (κ1) is 13.2. The minimum absolute atomic E-state index is 0. The molecular weight excluding hydrogens is 259 g/mol. The maximum atomic E-state index is 5.92. The van der Waals surface area contributed by atoms with E-state index in [1.165, 1.54) is 0 Å². The van der Waals surface area contributed by atoms with E-state index in [2.05, 4.69) is 0 Å². The van der Waals surface area contributed by atoms with Gasteiger partial charge in [-0.15, -0.1) is 0 Å². The average Bonchev–Trinajstić information content (AvgIpc) is 2.28. The van der Waals surface area contributed by atoms with Crippen molar-refractivity contribution in [3.05, 3.63) is 36.4 Å². The molecule has 2 rings (SSSR count). The first-order valence-electron chi connectivity index (χ1n) is 4.89. The first-order chi connectivity index (χ1) is 7.59. The SMILES string of the molecule is Nc1ccc(-c2ccc(N)c(N)c2N)cc1.[Ni]. The van der Waals surface area contributed by atoms with E-state index in [1.807, 2.05) is 30.3 Å². The molecule has 0 atom stereocenters. The third-order valence-electron chi connectivity index (χ3n) is 2.54. The van der Waals surface area contributed by atoms with Crippen LogP contribution in [0.1, 0.15) is 0 Å². The van der Waals surface area contributed by atoms with E-state index in [0.29, 0.717) is 22.7 Å². The van der Waals surface area contributed by atoms with Crippen LogP contribution in [0.2, 0.25) is 0 Å². The molecule has 92 valence electrons. The normalized spacial score (nSPS) is 9.65. The van der Waals surface area contributed by atoms with Crippen molar-refractivity contribution in [2.75, 3.05) is 22.9 Å². The number of nitrogens with two attached hydrogens (primary N) is 4. The van der Waals surface area contributed by atoms with Crippen molar-refractivity contribution in [3.63, 3.8) is 0 Å². The summed E-state index contributed by atoms with van der Waals surface area (Å²) in [6.07, 6.45) is 0. The molecule has 2 aromatic carbocycles. The molecule has 0 heterocycles. The van der Waals surface area contributed by atoms with Gasteiger partial charge in [0.1, 0.15) is 0 Å². The molecule has 0 saturated carbocycles. The number of rotatable bonds is 1. The summed E-state index contributed by atoms with van der Waals surface area (Å²) >= 11 is 0. The van der Waals surface area contributed by atoms with E-state index in [1.54, 1.807) is 6.07 Å². The fraction of sp³-hybridized carbons (Fsp3) is 0. The summed E-state index contributed by atoms with van der Waals surface area (Å²) in [4.78, 5) is 0. The average molecular weight is 273 g/mol. The zero-order valence-corrected chi connectivity index (χ0v) is 10.1. The number of benzene rings is 2. The van der Waals surface area contributed by atoms with Gasteiger partial charge in [0, 0.05) is 27.7 Å². The van der Waals surface area contributed by atoms with Crippen molar-refractivity contribution in [2.45, 2.75) is 0 Å². The second kappa shape index (κ2) is 4.98. The van der Waals surface area contributed by atoms with E-state index in [9.17, 15) is 0 Å². The molecule has 2 aromatic rings. The molecule has 0 unspecified atom stereocenters. The first-order valence-corrected chi connectivity index (χ1v) is 4.89. The standard InChI is InChI=1S/C12H14N4.Ni/c13-8-3-1-7(2-4-8)9-5-6-10(14)12(16)11(9)15;/h1-6H,13-16H2;. The quantitative estimate of drug-likeness (QED) is 0.468. The Labute approximate surface area is 110 Å². The van der Waals surface area contributed by atoms with E-state index in [4.69, 9.17) is 22.9 Å². The number of anilines is 4. The molecular formula is C12H14N4Ni. The molecule has 0 spiro atoms. The second-order valence-corrected chi connectivity index (χ2v) is 3.65. The van der Waals surface area contributed by atoms with Crippen LogP contribution in [0.3, 0.4) is 0 Å². The number of hydrogen-bond acceptors (Lipinski definition) is 4. The Morgan fingerprint density at radius 3 is 1.82 bits per heavy atom. The van der Waals surface area contributed by atoms with Gasteiger partial charge in [0.15, 0.2) is 0 Å². The smallest absolute Gasteiger partial charge is 0.0787 e. The molecule has 0 aromatic heterocycles. The molecule has 0 fully saturated rings. The fourth-order valence-corrected chi connectivity index (χ4v) is 1.57. The van der Waals surface area contributed by atoms with Crippen LogP contribution < -0.4 is 22.9 Å². The molecule has 17 heavy (non-hydrogen) atoms. The zero-order chi connectivity index (χ0) is 11.7. The summed E-state index contributed by atoms with van der Waals surface area (Å²) in [5.41, 5.74) is 27.0. The van der Waals surface area contributed by atoms with Crippen LogP contribution in [0.15, 0.2) is 36.4 Å². The van der Waals surface area contributed by atoms with Gasteiger partial charge in [-0.3, -0.25) is 0 Å². The van der Waals surface area contributed by atoms with Gasteiger partial charge in [0.2, 0.25) is 0 Å². The van der Waals surface area contributed by atoms with Gasteiger partial charge in [-0.25, -0.2) is 0 Å². The third-order valence-corrected chi connectivity index (χ3v) is 2.54. The summed E-state index contributed by atoms with van der Waals surface area (Å²) in [5, 5.41) is 0. The van der Waals surface area contributed by atoms with Gasteiger partial charge in [-0.1, -0.05) is 18.2 Å². The largest absolute Gasteiger partial charge is 0.399 e. The van der Waals surface area contributed by atoms with Gasteiger partial charge < -0.3 is 22.9 Å². The predicted molar refractivity (Wildman–Crippen MR) is 69.5 cm³/mol. The monoisotopic (exact) mass is 272 g/mol. The van der Waals surface area contributed by atoms with Crippen LogP contribution in [-0.4, -0.2) is 0 Å². The Bertz CT molecular complexity index is 523. The Hall–Kier alpha value is -1.87. The maximum Gasteiger partial charge on any atom is 0.0787 e. The Kier molecular flexibility index (Phi) is 3.86. The Balaban J connectivity index is 0.00000144. The van der Waals surface area contributed by atoms with E-state index in [0.717, 1.165) is 11.1 Å². The maximum absolute atomic E-state index is 5.92. The molecule has 0 saturated heterocycles. The van der Waals surface area contributed by atoms with Crippen LogP contribution in [-0.2, 0) is 16.5 Å². The number of nitrogen functional groups attached to an aromatic ring is 4. The van der Waals surface area contributed by atoms with E-state index < -0.39 is 0 Å². The summed E-state index contributed by atoms with van der Waals surface area (Å²) in [6.45, 7) is 0. The predicted octanol–water partition coefficient (Wildman–Crippen LogP) is 1.68. The molecule has 0 aliphatic heterocycles. The molecule has 0 radical (unpaired) electrons. The van der Waals surface area contributed by atoms with Crippen LogP contribution in [0.25, 0.3) is 11.1 Å². The second-order valence-electron chi connectivity index (χ2n) is 3.65. The van der Waals surface area contributed by atoms with E-state index in [-0.39, 0.29) is 16.5 Å². The van der Waals surface area contributed by atoms with Crippen molar-refractivity contribution in [3.8, 4) is 11.1 Å². The molecule has 0 aliphatic rings. The molecule has 0 bridgehead atoms. The topological polar surface area (TPSA) is 104 Å². The van der Waals surface area contributed by atoms with Gasteiger partial charge in [-0.05, 0) is 23.8 Å². The van der Waals surface area contributed by atoms with Gasteiger partial charge >= 0.3 is 0 Å². The van der Waals surface area contributed by atoms with Crippen LogP contribution >= 0.6 is 0 Å². The van der Waals surface area contributed by atoms with Crippen LogP contribution in [0.4, 0.5) is 22.7 Å². The van der Waals surface area contributed by atoms with Crippen LogP contribution in [0, 0.1) is 0 Å². The molecule has 4 nitrogen and oxygen atoms in total. The summed E-state index contributed by atoms with van der Waals surface area (Å²) in [6, 6.07) is 11.0. The molecule has 5 heteroatoms. The number of hydrogen-bond donors (Lipinski definition) is 4. The van der Waals surface area contributed by atoms with Crippen LogP contribution in [0.5, 0.6) is 0 Å². The van der Waals surface area contributed by atoms with Crippen molar-refractivity contribution in [1.29, 1.82) is 0 Å². The summed E-state index contributed by atoms with van der Waals surface area (Å²) < 4.78 is 0. The van der Waals surface area contributed by atoms with Crippen molar-refractivity contribution >= 4 is 22.7 Å². The van der Waals surface area contributed by atoms with Gasteiger partial charge in [0.25, 0.3) is 0 Å². The third kappa shape index (κ3) is 2.45. The van der Waals surface area contributed by atoms with Crippen molar-refractivity contribution in [1.82, 2.24) is 0 Å². The Morgan fingerprint density at radius 2 is 1.24 bits per heavy atom. The summed E-state index contributed by atoms with van der Waals surface area (Å²) in [5.74, 6) is 0. The summed E-state index contributed by atoms with van der Waals surface area (Å²) in [7, 11) is 0. The minimum atomic E-state index is 0. The van der Waals surface area contributed by atoms with E-state index >= 15 is 0 Å². The fourth-order valence-electron chi connectivity index (χ4n) is 1.57. The zero-order valence-electron chi connectivity index (χ0n) is 9.09. The molecule has 8 N–H and O–H groups in total. The molecule has 0 aliphatic carbocycles. The van der Waals surface area contributed by atoms with Gasteiger partial charge in [-0.2, -0.15) is 0 Å². The molecule has 0 amide bonds.